The number of benzene rings is 2. The van der Waals surface area contributed by atoms with Crippen molar-refractivity contribution in [1.29, 1.82) is 0 Å². The highest BCUT2D eigenvalue weighted by molar-refractivity contribution is 6.04. The molecule has 2 amide bonds. The van der Waals surface area contributed by atoms with Crippen molar-refractivity contribution in [2.75, 3.05) is 18.5 Å². The molecule has 0 radical (unpaired) electrons. The summed E-state index contributed by atoms with van der Waals surface area (Å²) in [6.45, 7) is 2.65. The second-order valence-corrected chi connectivity index (χ2v) is 5.81. The van der Waals surface area contributed by atoms with Gasteiger partial charge in [0.05, 0.1) is 13.0 Å². The molecule has 0 saturated carbocycles. The van der Waals surface area contributed by atoms with Crippen LogP contribution in [0.5, 0.6) is 5.75 Å². The molecule has 0 spiro atoms. The largest absolute Gasteiger partial charge is 0.494 e. The van der Waals surface area contributed by atoms with Crippen molar-refractivity contribution in [3.8, 4) is 5.75 Å². The van der Waals surface area contributed by atoms with E-state index in [-0.39, 0.29) is 24.8 Å². The third kappa shape index (κ3) is 6.47. The molecule has 7 heteroatoms. The first kappa shape index (κ1) is 20.0. The second-order valence-electron chi connectivity index (χ2n) is 5.81. The maximum atomic E-state index is 12.4. The lowest BCUT2D eigenvalue weighted by atomic mass is 10.1. The Hall–Kier alpha value is -3.35. The van der Waals surface area contributed by atoms with Gasteiger partial charge in [-0.3, -0.25) is 14.4 Å². The summed E-state index contributed by atoms with van der Waals surface area (Å²) >= 11 is 0. The third-order valence-corrected chi connectivity index (χ3v) is 3.60. The molecule has 0 unspecified atom stereocenters. The van der Waals surface area contributed by atoms with Crippen LogP contribution >= 0.6 is 0 Å². The first-order valence-electron chi connectivity index (χ1n) is 8.64. The minimum Gasteiger partial charge on any atom is -0.494 e. The fourth-order valence-corrected chi connectivity index (χ4v) is 2.24. The van der Waals surface area contributed by atoms with E-state index in [2.05, 4.69) is 10.6 Å². The number of nitrogens with one attached hydrogen (secondary N) is 2. The van der Waals surface area contributed by atoms with Gasteiger partial charge in [-0.1, -0.05) is 13.0 Å². The average Bonchev–Trinajstić information content (AvgIpc) is 2.66. The van der Waals surface area contributed by atoms with E-state index >= 15 is 0 Å². The summed E-state index contributed by atoms with van der Waals surface area (Å²) in [5.74, 6) is -0.985. The normalized spacial score (nSPS) is 10.1. The van der Waals surface area contributed by atoms with Crippen molar-refractivity contribution in [3.05, 3.63) is 59.7 Å². The van der Waals surface area contributed by atoms with Gasteiger partial charge in [0, 0.05) is 23.4 Å². The molecule has 142 valence electrons. The number of hydrogen-bond donors (Lipinski definition) is 3. The Balaban J connectivity index is 1.94. The molecule has 3 N–H and O–H groups in total. The Morgan fingerprint density at radius 1 is 1.00 bits per heavy atom. The minimum absolute atomic E-state index is 0.0586. The number of carboxylic acid groups (broad SMARTS) is 1. The average molecular weight is 370 g/mol. The molecule has 0 aliphatic heterocycles. The molecule has 0 heterocycles. The van der Waals surface area contributed by atoms with Crippen LogP contribution in [0.15, 0.2) is 48.5 Å². The highest BCUT2D eigenvalue weighted by Gasteiger charge is 2.09. The molecule has 0 aliphatic rings. The van der Waals surface area contributed by atoms with Crippen LogP contribution < -0.4 is 15.4 Å². The molecule has 2 aromatic rings. The van der Waals surface area contributed by atoms with Crippen molar-refractivity contribution < 1.29 is 24.2 Å². The van der Waals surface area contributed by atoms with Crippen molar-refractivity contribution in [2.24, 2.45) is 0 Å². The number of aliphatic carboxylic acids is 1. The summed E-state index contributed by atoms with van der Waals surface area (Å²) in [6.07, 6.45) is 0.744. The van der Waals surface area contributed by atoms with E-state index in [1.54, 1.807) is 48.5 Å². The van der Waals surface area contributed by atoms with Gasteiger partial charge in [0.2, 0.25) is 0 Å². The fourth-order valence-electron chi connectivity index (χ4n) is 2.24. The molecule has 2 aromatic carbocycles. The highest BCUT2D eigenvalue weighted by atomic mass is 16.5. The van der Waals surface area contributed by atoms with Gasteiger partial charge in [0.15, 0.2) is 0 Å². The fraction of sp³-hybridized carbons (Fsp3) is 0.250. The predicted molar refractivity (Wildman–Crippen MR) is 101 cm³/mol. The van der Waals surface area contributed by atoms with E-state index in [0.29, 0.717) is 29.2 Å². The Bertz CT molecular complexity index is 802. The van der Waals surface area contributed by atoms with Gasteiger partial charge in [-0.25, -0.2) is 0 Å². The zero-order valence-electron chi connectivity index (χ0n) is 15.0. The van der Waals surface area contributed by atoms with Crippen LogP contribution in [0, 0.1) is 0 Å². The maximum absolute atomic E-state index is 12.4. The summed E-state index contributed by atoms with van der Waals surface area (Å²) in [4.78, 5) is 34.7. The summed E-state index contributed by atoms with van der Waals surface area (Å²) in [5.41, 5.74) is 1.40. The molecule has 0 bridgehead atoms. The first-order valence-corrected chi connectivity index (χ1v) is 8.64. The van der Waals surface area contributed by atoms with Gasteiger partial charge in [-0.05, 0) is 48.9 Å². The number of amides is 2. The molecule has 0 saturated heterocycles. The standard InChI is InChI=1S/C20H22N2O5/c1-2-12-27-17-5-3-4-15(13-17)20(26)22-16-8-6-14(7-9-16)19(25)21-11-10-18(23)24/h3-9,13H,2,10-12H2,1H3,(H,21,25)(H,22,26)(H,23,24). The zero-order chi connectivity index (χ0) is 19.6. The van der Waals surface area contributed by atoms with E-state index < -0.39 is 5.97 Å². The number of carbonyl (C=O) groups excluding carboxylic acids is 2. The van der Waals surface area contributed by atoms with Gasteiger partial charge in [-0.2, -0.15) is 0 Å². The Kier molecular flexibility index (Phi) is 7.37. The summed E-state index contributed by atoms with van der Waals surface area (Å²) in [6, 6.07) is 13.3. The van der Waals surface area contributed by atoms with Crippen LogP contribution in [0.1, 0.15) is 40.5 Å². The molecule has 0 aliphatic carbocycles. The van der Waals surface area contributed by atoms with Crippen LogP contribution in [0.25, 0.3) is 0 Å². The number of ether oxygens (including phenoxy) is 1. The lowest BCUT2D eigenvalue weighted by Crippen LogP contribution is -2.25. The van der Waals surface area contributed by atoms with Gasteiger partial charge < -0.3 is 20.5 Å². The van der Waals surface area contributed by atoms with E-state index in [1.165, 1.54) is 0 Å². The van der Waals surface area contributed by atoms with Crippen molar-refractivity contribution in [3.63, 3.8) is 0 Å². The Morgan fingerprint density at radius 3 is 2.41 bits per heavy atom. The Morgan fingerprint density at radius 2 is 1.74 bits per heavy atom. The molecule has 27 heavy (non-hydrogen) atoms. The number of carbonyl (C=O) groups is 3. The quantitative estimate of drug-likeness (QED) is 0.629. The number of carboxylic acids is 1. The van der Waals surface area contributed by atoms with Crippen LogP contribution in [0.4, 0.5) is 5.69 Å². The lowest BCUT2D eigenvalue weighted by molar-refractivity contribution is -0.136. The predicted octanol–water partition coefficient (Wildman–Crippen LogP) is 2.93. The SMILES string of the molecule is CCCOc1cccc(C(=O)Nc2ccc(C(=O)NCCC(=O)O)cc2)c1. The number of anilines is 1. The van der Waals surface area contributed by atoms with Crippen LogP contribution in [0.2, 0.25) is 0 Å². The van der Waals surface area contributed by atoms with Crippen LogP contribution in [0.3, 0.4) is 0 Å². The smallest absolute Gasteiger partial charge is 0.305 e. The van der Waals surface area contributed by atoms with E-state index in [1.807, 2.05) is 6.92 Å². The van der Waals surface area contributed by atoms with Crippen LogP contribution in [-0.4, -0.2) is 36.0 Å². The van der Waals surface area contributed by atoms with E-state index in [9.17, 15) is 14.4 Å². The third-order valence-electron chi connectivity index (χ3n) is 3.60. The lowest BCUT2D eigenvalue weighted by Gasteiger charge is -2.09. The molecule has 2 rings (SSSR count). The minimum atomic E-state index is -0.975. The molecular weight excluding hydrogens is 348 g/mol. The molecule has 0 atom stereocenters. The van der Waals surface area contributed by atoms with Gasteiger partial charge >= 0.3 is 5.97 Å². The Labute approximate surface area is 157 Å². The summed E-state index contributed by atoms with van der Waals surface area (Å²) < 4.78 is 5.52. The van der Waals surface area contributed by atoms with E-state index in [0.717, 1.165) is 6.42 Å². The molecular formula is C20H22N2O5. The first-order chi connectivity index (χ1) is 13.0. The summed E-state index contributed by atoms with van der Waals surface area (Å²) in [5, 5.41) is 13.9. The molecule has 0 fully saturated rings. The van der Waals surface area contributed by atoms with Gasteiger partial charge in [0.25, 0.3) is 11.8 Å². The summed E-state index contributed by atoms with van der Waals surface area (Å²) in [7, 11) is 0. The molecule has 7 nitrogen and oxygen atoms in total. The zero-order valence-corrected chi connectivity index (χ0v) is 15.0. The van der Waals surface area contributed by atoms with Gasteiger partial charge in [0.1, 0.15) is 5.75 Å². The van der Waals surface area contributed by atoms with Crippen LogP contribution in [-0.2, 0) is 4.79 Å². The monoisotopic (exact) mass is 370 g/mol. The van der Waals surface area contributed by atoms with E-state index in [4.69, 9.17) is 9.84 Å². The molecule has 0 aromatic heterocycles. The maximum Gasteiger partial charge on any atom is 0.305 e. The highest BCUT2D eigenvalue weighted by Crippen LogP contribution is 2.16. The number of hydrogen-bond acceptors (Lipinski definition) is 4. The van der Waals surface area contributed by atoms with Crippen molar-refractivity contribution in [2.45, 2.75) is 19.8 Å². The number of rotatable bonds is 9. The van der Waals surface area contributed by atoms with Crippen molar-refractivity contribution >= 4 is 23.5 Å². The van der Waals surface area contributed by atoms with Gasteiger partial charge in [-0.15, -0.1) is 0 Å². The second kappa shape index (κ2) is 9.96. The topological polar surface area (TPSA) is 105 Å². The van der Waals surface area contributed by atoms with Crippen molar-refractivity contribution in [1.82, 2.24) is 5.32 Å².